The Balaban J connectivity index is 2.82. The minimum Gasteiger partial charge on any atom is -0.479 e. The third kappa shape index (κ3) is 3.58. The van der Waals surface area contributed by atoms with Gasteiger partial charge in [0.2, 0.25) is 5.91 Å². The van der Waals surface area contributed by atoms with E-state index in [1.807, 2.05) is 19.9 Å². The first-order valence-electron chi connectivity index (χ1n) is 6.18. The van der Waals surface area contributed by atoms with Gasteiger partial charge in [-0.05, 0) is 18.4 Å². The highest BCUT2D eigenvalue weighted by molar-refractivity contribution is 5.85. The standard InChI is InChI=1S/C14H19NO3/c1-3-10(4-2)13(16)15-12(14(17)18)11-8-6-5-7-9-11/h5-10,12H,3-4H2,1-2H3,(H,15,16)(H,17,18)/t12-/m0/s1. The topological polar surface area (TPSA) is 66.4 Å². The molecule has 1 rings (SSSR count). The van der Waals surface area contributed by atoms with Crippen LogP contribution >= 0.6 is 0 Å². The van der Waals surface area contributed by atoms with Crippen LogP contribution in [0.15, 0.2) is 30.3 Å². The SMILES string of the molecule is CCC(CC)C(=O)N[C@H](C(=O)O)c1ccccc1. The number of nitrogens with one attached hydrogen (secondary N) is 1. The normalized spacial score (nSPS) is 12.2. The Labute approximate surface area is 107 Å². The molecule has 4 nitrogen and oxygen atoms in total. The van der Waals surface area contributed by atoms with E-state index in [-0.39, 0.29) is 11.8 Å². The van der Waals surface area contributed by atoms with E-state index >= 15 is 0 Å². The quantitative estimate of drug-likeness (QED) is 0.813. The van der Waals surface area contributed by atoms with Crippen molar-refractivity contribution in [1.82, 2.24) is 5.32 Å². The molecule has 4 heteroatoms. The predicted molar refractivity (Wildman–Crippen MR) is 69.0 cm³/mol. The van der Waals surface area contributed by atoms with Gasteiger partial charge in [-0.25, -0.2) is 4.79 Å². The third-order valence-corrected chi connectivity index (χ3v) is 3.02. The van der Waals surface area contributed by atoms with Gasteiger partial charge in [-0.1, -0.05) is 44.2 Å². The van der Waals surface area contributed by atoms with Crippen LogP contribution in [0, 0.1) is 5.92 Å². The van der Waals surface area contributed by atoms with Gasteiger partial charge < -0.3 is 10.4 Å². The molecule has 1 atom stereocenters. The number of hydrogen-bond donors (Lipinski definition) is 2. The summed E-state index contributed by atoms with van der Waals surface area (Å²) in [5, 5.41) is 11.8. The van der Waals surface area contributed by atoms with Crippen molar-refractivity contribution in [3.05, 3.63) is 35.9 Å². The Morgan fingerprint density at radius 2 is 1.72 bits per heavy atom. The summed E-state index contributed by atoms with van der Waals surface area (Å²) in [5.41, 5.74) is 0.587. The second-order valence-corrected chi connectivity index (χ2v) is 4.20. The molecular formula is C14H19NO3. The van der Waals surface area contributed by atoms with E-state index in [0.29, 0.717) is 18.4 Å². The van der Waals surface area contributed by atoms with Crippen LogP contribution in [0.4, 0.5) is 0 Å². The minimum absolute atomic E-state index is 0.129. The van der Waals surface area contributed by atoms with Gasteiger partial charge in [0.1, 0.15) is 0 Å². The first-order valence-corrected chi connectivity index (χ1v) is 6.18. The molecule has 0 radical (unpaired) electrons. The van der Waals surface area contributed by atoms with E-state index in [1.54, 1.807) is 24.3 Å². The maximum absolute atomic E-state index is 11.9. The van der Waals surface area contributed by atoms with Gasteiger partial charge in [-0.2, -0.15) is 0 Å². The van der Waals surface area contributed by atoms with Gasteiger partial charge in [-0.3, -0.25) is 4.79 Å². The fraction of sp³-hybridized carbons (Fsp3) is 0.429. The van der Waals surface area contributed by atoms with Gasteiger partial charge in [0, 0.05) is 5.92 Å². The Bertz CT molecular complexity index is 399. The molecule has 0 unspecified atom stereocenters. The zero-order chi connectivity index (χ0) is 13.5. The average molecular weight is 249 g/mol. The molecule has 0 spiro atoms. The molecule has 1 aromatic rings. The average Bonchev–Trinajstić information content (AvgIpc) is 2.38. The molecule has 0 aromatic heterocycles. The zero-order valence-corrected chi connectivity index (χ0v) is 10.7. The fourth-order valence-corrected chi connectivity index (χ4v) is 1.85. The van der Waals surface area contributed by atoms with Gasteiger partial charge in [-0.15, -0.1) is 0 Å². The van der Waals surface area contributed by atoms with Crippen molar-refractivity contribution < 1.29 is 14.7 Å². The number of carboxylic acid groups (broad SMARTS) is 1. The third-order valence-electron chi connectivity index (χ3n) is 3.02. The Hall–Kier alpha value is -1.84. The number of carbonyl (C=O) groups is 2. The van der Waals surface area contributed by atoms with Gasteiger partial charge in [0.25, 0.3) is 0 Å². The monoisotopic (exact) mass is 249 g/mol. The molecule has 0 aliphatic rings. The lowest BCUT2D eigenvalue weighted by molar-refractivity contribution is -0.142. The van der Waals surface area contributed by atoms with Crippen molar-refractivity contribution in [3.63, 3.8) is 0 Å². The number of amides is 1. The molecule has 0 aliphatic carbocycles. The number of hydrogen-bond acceptors (Lipinski definition) is 2. The molecule has 0 saturated heterocycles. The summed E-state index contributed by atoms with van der Waals surface area (Å²) in [6.07, 6.45) is 1.42. The molecule has 0 saturated carbocycles. The highest BCUT2D eigenvalue weighted by atomic mass is 16.4. The van der Waals surface area contributed by atoms with Crippen LogP contribution in [-0.2, 0) is 9.59 Å². The van der Waals surface area contributed by atoms with Crippen LogP contribution < -0.4 is 5.32 Å². The number of aliphatic carboxylic acids is 1. The highest BCUT2D eigenvalue weighted by Crippen LogP contribution is 2.15. The number of carboxylic acids is 1. The van der Waals surface area contributed by atoms with Crippen LogP contribution in [0.25, 0.3) is 0 Å². The first kappa shape index (κ1) is 14.2. The molecule has 1 aromatic carbocycles. The molecule has 98 valence electrons. The van der Waals surface area contributed by atoms with Crippen LogP contribution in [0.5, 0.6) is 0 Å². The summed E-state index contributed by atoms with van der Waals surface area (Å²) in [5.74, 6) is -1.37. The largest absolute Gasteiger partial charge is 0.479 e. The molecule has 1 amide bonds. The zero-order valence-electron chi connectivity index (χ0n) is 10.7. The fourth-order valence-electron chi connectivity index (χ4n) is 1.85. The highest BCUT2D eigenvalue weighted by Gasteiger charge is 2.24. The molecule has 0 aliphatic heterocycles. The van der Waals surface area contributed by atoms with Crippen molar-refractivity contribution in [2.24, 2.45) is 5.92 Å². The molecule has 18 heavy (non-hydrogen) atoms. The summed E-state index contributed by atoms with van der Waals surface area (Å²) < 4.78 is 0. The van der Waals surface area contributed by atoms with E-state index in [4.69, 9.17) is 0 Å². The first-order chi connectivity index (χ1) is 8.60. The van der Waals surface area contributed by atoms with Crippen LogP contribution in [0.2, 0.25) is 0 Å². The lowest BCUT2D eigenvalue weighted by Gasteiger charge is -2.18. The Kier molecular flexibility index (Phi) is 5.36. The van der Waals surface area contributed by atoms with Crippen LogP contribution in [0.1, 0.15) is 38.3 Å². The van der Waals surface area contributed by atoms with Crippen LogP contribution in [-0.4, -0.2) is 17.0 Å². The van der Waals surface area contributed by atoms with Crippen molar-refractivity contribution >= 4 is 11.9 Å². The van der Waals surface area contributed by atoms with Crippen LogP contribution in [0.3, 0.4) is 0 Å². The summed E-state index contributed by atoms with van der Waals surface area (Å²) >= 11 is 0. The second kappa shape index (κ2) is 6.79. The van der Waals surface area contributed by atoms with E-state index in [0.717, 1.165) is 0 Å². The maximum Gasteiger partial charge on any atom is 0.330 e. The summed E-state index contributed by atoms with van der Waals surface area (Å²) in [4.78, 5) is 23.1. The summed E-state index contributed by atoms with van der Waals surface area (Å²) in [6.45, 7) is 3.85. The maximum atomic E-state index is 11.9. The lowest BCUT2D eigenvalue weighted by atomic mass is 10.0. The van der Waals surface area contributed by atoms with Crippen molar-refractivity contribution in [2.45, 2.75) is 32.7 Å². The predicted octanol–water partition coefficient (Wildman–Crippen LogP) is 2.36. The number of benzene rings is 1. The van der Waals surface area contributed by atoms with E-state index in [1.165, 1.54) is 0 Å². The minimum atomic E-state index is -1.04. The van der Waals surface area contributed by atoms with Gasteiger partial charge in [0.05, 0.1) is 0 Å². The van der Waals surface area contributed by atoms with Gasteiger partial charge in [0.15, 0.2) is 6.04 Å². The van der Waals surface area contributed by atoms with Gasteiger partial charge >= 0.3 is 5.97 Å². The van der Waals surface area contributed by atoms with E-state index in [9.17, 15) is 14.7 Å². The second-order valence-electron chi connectivity index (χ2n) is 4.20. The molecule has 0 heterocycles. The number of rotatable bonds is 6. The summed E-state index contributed by atoms with van der Waals surface area (Å²) in [6, 6.07) is 7.76. The summed E-state index contributed by atoms with van der Waals surface area (Å²) in [7, 11) is 0. The Morgan fingerprint density at radius 3 is 2.17 bits per heavy atom. The molecule has 0 fully saturated rings. The van der Waals surface area contributed by atoms with Crippen molar-refractivity contribution in [3.8, 4) is 0 Å². The Morgan fingerprint density at radius 1 is 1.17 bits per heavy atom. The molecular weight excluding hydrogens is 230 g/mol. The van der Waals surface area contributed by atoms with Crippen molar-refractivity contribution in [2.75, 3.05) is 0 Å². The number of carbonyl (C=O) groups excluding carboxylic acids is 1. The molecule has 2 N–H and O–H groups in total. The molecule has 0 bridgehead atoms. The van der Waals surface area contributed by atoms with Crippen molar-refractivity contribution in [1.29, 1.82) is 0 Å². The smallest absolute Gasteiger partial charge is 0.330 e. The van der Waals surface area contributed by atoms with E-state index in [2.05, 4.69) is 5.32 Å². The van der Waals surface area contributed by atoms with E-state index < -0.39 is 12.0 Å². The lowest BCUT2D eigenvalue weighted by Crippen LogP contribution is -2.37.